The summed E-state index contributed by atoms with van der Waals surface area (Å²) in [5, 5.41) is 7.63. The average Bonchev–Trinajstić information content (AvgIpc) is 3.01. The lowest BCUT2D eigenvalue weighted by Gasteiger charge is -2.13. The highest BCUT2D eigenvalue weighted by Gasteiger charge is 2.07. The Balaban J connectivity index is 1.71. The summed E-state index contributed by atoms with van der Waals surface area (Å²) in [5.74, 6) is 0.659. The number of rotatable bonds is 5. The van der Waals surface area contributed by atoms with Gasteiger partial charge in [0.05, 0.1) is 5.69 Å². The van der Waals surface area contributed by atoms with E-state index in [1.165, 1.54) is 5.56 Å². The summed E-state index contributed by atoms with van der Waals surface area (Å²) in [6, 6.07) is 8.23. The molecule has 21 heavy (non-hydrogen) atoms. The summed E-state index contributed by atoms with van der Waals surface area (Å²) in [7, 11) is 0. The van der Waals surface area contributed by atoms with Crippen molar-refractivity contribution in [3.05, 3.63) is 59.2 Å². The molecule has 0 aliphatic heterocycles. The molecule has 1 unspecified atom stereocenters. The first-order valence-electron chi connectivity index (χ1n) is 6.82. The van der Waals surface area contributed by atoms with Crippen molar-refractivity contribution in [3.63, 3.8) is 0 Å². The van der Waals surface area contributed by atoms with Crippen LogP contribution in [0, 0.1) is 0 Å². The van der Waals surface area contributed by atoms with Gasteiger partial charge in [0, 0.05) is 30.2 Å². The molecule has 0 saturated heterocycles. The Morgan fingerprint density at radius 1 is 1.14 bits per heavy atom. The molecule has 3 aromatic rings. The molecule has 0 aliphatic carbocycles. The van der Waals surface area contributed by atoms with Crippen LogP contribution in [0.2, 0.25) is 0 Å². The molecule has 0 amide bonds. The second-order valence-corrected chi connectivity index (χ2v) is 5.66. The van der Waals surface area contributed by atoms with Crippen LogP contribution in [-0.4, -0.2) is 21.0 Å². The molecular weight excluding hydrogens is 280 g/mol. The summed E-state index contributed by atoms with van der Waals surface area (Å²) >= 11 is 1.72. The third kappa shape index (κ3) is 3.64. The van der Waals surface area contributed by atoms with Gasteiger partial charge in [-0.3, -0.25) is 4.98 Å². The SMILES string of the molecule is CC(Cc1ccsc1)Nc1nccc(-c2ccncc2)n1. The summed E-state index contributed by atoms with van der Waals surface area (Å²) in [6.45, 7) is 2.14. The minimum Gasteiger partial charge on any atom is -0.351 e. The van der Waals surface area contributed by atoms with E-state index in [4.69, 9.17) is 0 Å². The van der Waals surface area contributed by atoms with E-state index in [0.29, 0.717) is 5.95 Å². The molecule has 0 aromatic carbocycles. The zero-order chi connectivity index (χ0) is 14.5. The van der Waals surface area contributed by atoms with Crippen molar-refractivity contribution in [1.82, 2.24) is 15.0 Å². The maximum atomic E-state index is 4.56. The monoisotopic (exact) mass is 296 g/mol. The quantitative estimate of drug-likeness (QED) is 0.781. The summed E-state index contributed by atoms with van der Waals surface area (Å²) in [5.41, 5.74) is 3.28. The maximum Gasteiger partial charge on any atom is 0.223 e. The van der Waals surface area contributed by atoms with E-state index in [-0.39, 0.29) is 6.04 Å². The molecule has 106 valence electrons. The molecule has 0 fully saturated rings. The normalized spacial score (nSPS) is 12.0. The first-order valence-corrected chi connectivity index (χ1v) is 7.76. The summed E-state index contributed by atoms with van der Waals surface area (Å²) in [4.78, 5) is 12.9. The number of aromatic nitrogens is 3. The van der Waals surface area contributed by atoms with Crippen LogP contribution in [-0.2, 0) is 6.42 Å². The van der Waals surface area contributed by atoms with Crippen LogP contribution < -0.4 is 5.32 Å². The Kier molecular flexibility index (Phi) is 4.21. The van der Waals surface area contributed by atoms with Crippen molar-refractivity contribution >= 4 is 17.3 Å². The highest BCUT2D eigenvalue weighted by atomic mass is 32.1. The summed E-state index contributed by atoms with van der Waals surface area (Å²) < 4.78 is 0. The van der Waals surface area contributed by atoms with Gasteiger partial charge in [0.25, 0.3) is 0 Å². The molecule has 0 saturated carbocycles. The fraction of sp³-hybridized carbons (Fsp3) is 0.188. The van der Waals surface area contributed by atoms with Gasteiger partial charge < -0.3 is 5.32 Å². The van der Waals surface area contributed by atoms with Crippen molar-refractivity contribution < 1.29 is 0 Å². The first-order chi connectivity index (χ1) is 10.3. The van der Waals surface area contributed by atoms with Gasteiger partial charge in [0.2, 0.25) is 5.95 Å². The van der Waals surface area contributed by atoms with E-state index >= 15 is 0 Å². The topological polar surface area (TPSA) is 50.7 Å². The number of hydrogen-bond donors (Lipinski definition) is 1. The van der Waals surface area contributed by atoms with E-state index in [9.17, 15) is 0 Å². The van der Waals surface area contributed by atoms with Crippen LogP contribution in [0.15, 0.2) is 53.6 Å². The minimum absolute atomic E-state index is 0.285. The first kappa shape index (κ1) is 13.7. The Labute approximate surface area is 127 Å². The Morgan fingerprint density at radius 3 is 2.76 bits per heavy atom. The maximum absolute atomic E-state index is 4.56. The van der Waals surface area contributed by atoms with E-state index < -0.39 is 0 Å². The van der Waals surface area contributed by atoms with Crippen LogP contribution in [0.5, 0.6) is 0 Å². The second-order valence-electron chi connectivity index (χ2n) is 4.88. The van der Waals surface area contributed by atoms with Crippen LogP contribution in [0.1, 0.15) is 12.5 Å². The lowest BCUT2D eigenvalue weighted by atomic mass is 10.1. The Bertz CT molecular complexity index is 683. The molecule has 3 rings (SSSR count). The molecule has 0 aliphatic rings. The fourth-order valence-electron chi connectivity index (χ4n) is 2.15. The smallest absolute Gasteiger partial charge is 0.223 e. The third-order valence-corrected chi connectivity index (χ3v) is 3.86. The van der Waals surface area contributed by atoms with Crippen molar-refractivity contribution in [2.24, 2.45) is 0 Å². The van der Waals surface area contributed by atoms with E-state index in [2.05, 4.69) is 44.0 Å². The number of nitrogens with one attached hydrogen (secondary N) is 1. The van der Waals surface area contributed by atoms with E-state index in [0.717, 1.165) is 17.7 Å². The van der Waals surface area contributed by atoms with Crippen molar-refractivity contribution in [1.29, 1.82) is 0 Å². The average molecular weight is 296 g/mol. The van der Waals surface area contributed by atoms with Gasteiger partial charge in [0.1, 0.15) is 0 Å². The molecule has 1 N–H and O–H groups in total. The molecule has 0 spiro atoms. The third-order valence-electron chi connectivity index (χ3n) is 3.13. The largest absolute Gasteiger partial charge is 0.351 e. The lowest BCUT2D eigenvalue weighted by molar-refractivity contribution is 0.779. The molecule has 3 aromatic heterocycles. The standard InChI is InChI=1S/C16H16N4S/c1-12(10-13-5-9-21-11-13)19-16-18-8-4-15(20-16)14-2-6-17-7-3-14/h2-9,11-12H,10H2,1H3,(H,18,19,20). The lowest BCUT2D eigenvalue weighted by Crippen LogP contribution is -2.19. The summed E-state index contributed by atoms with van der Waals surface area (Å²) in [6.07, 6.45) is 6.28. The Hall–Kier alpha value is -2.27. The van der Waals surface area contributed by atoms with Crippen LogP contribution in [0.3, 0.4) is 0 Å². The van der Waals surface area contributed by atoms with Gasteiger partial charge in [-0.15, -0.1) is 0 Å². The molecule has 0 bridgehead atoms. The van der Waals surface area contributed by atoms with Crippen molar-refractivity contribution in [3.8, 4) is 11.3 Å². The molecule has 4 nitrogen and oxygen atoms in total. The Morgan fingerprint density at radius 2 is 2.00 bits per heavy atom. The van der Waals surface area contributed by atoms with Crippen molar-refractivity contribution in [2.45, 2.75) is 19.4 Å². The van der Waals surface area contributed by atoms with Crippen LogP contribution >= 0.6 is 11.3 Å². The number of hydrogen-bond acceptors (Lipinski definition) is 5. The van der Waals surface area contributed by atoms with Gasteiger partial charge in [-0.05, 0) is 53.9 Å². The molecule has 3 heterocycles. The number of anilines is 1. The number of thiophene rings is 1. The van der Waals surface area contributed by atoms with Crippen molar-refractivity contribution in [2.75, 3.05) is 5.32 Å². The highest BCUT2D eigenvalue weighted by molar-refractivity contribution is 7.07. The zero-order valence-electron chi connectivity index (χ0n) is 11.7. The minimum atomic E-state index is 0.285. The van der Waals surface area contributed by atoms with Gasteiger partial charge in [-0.25, -0.2) is 9.97 Å². The van der Waals surface area contributed by atoms with Crippen LogP contribution in [0.25, 0.3) is 11.3 Å². The second kappa shape index (κ2) is 6.45. The zero-order valence-corrected chi connectivity index (χ0v) is 12.5. The van der Waals surface area contributed by atoms with Gasteiger partial charge in [-0.1, -0.05) is 0 Å². The predicted octanol–water partition coefficient (Wildman–Crippen LogP) is 3.64. The number of pyridine rings is 1. The van der Waals surface area contributed by atoms with E-state index in [1.807, 2.05) is 18.2 Å². The van der Waals surface area contributed by atoms with Gasteiger partial charge in [-0.2, -0.15) is 11.3 Å². The molecule has 1 atom stereocenters. The van der Waals surface area contributed by atoms with E-state index in [1.54, 1.807) is 29.9 Å². The molecular formula is C16H16N4S. The molecule has 0 radical (unpaired) electrons. The fourth-order valence-corrected chi connectivity index (χ4v) is 2.83. The number of nitrogens with zero attached hydrogens (tertiary/aromatic N) is 3. The van der Waals surface area contributed by atoms with Gasteiger partial charge in [0.15, 0.2) is 0 Å². The van der Waals surface area contributed by atoms with Crippen LogP contribution in [0.4, 0.5) is 5.95 Å². The predicted molar refractivity (Wildman–Crippen MR) is 86.4 cm³/mol. The highest BCUT2D eigenvalue weighted by Crippen LogP contribution is 2.17. The van der Waals surface area contributed by atoms with Gasteiger partial charge >= 0.3 is 0 Å². The molecule has 5 heteroatoms.